The minimum absolute atomic E-state index is 0.0856. The maximum absolute atomic E-state index is 6.22. The Morgan fingerprint density at radius 2 is 1.17 bits per heavy atom. The van der Waals surface area contributed by atoms with Gasteiger partial charge in [0.2, 0.25) is 0 Å². The Balaban J connectivity index is 2.48. The molecule has 0 aliphatic carbocycles. The minimum Gasteiger partial charge on any atom is -0.399 e. The van der Waals surface area contributed by atoms with E-state index in [9.17, 15) is 0 Å². The predicted octanol–water partition coefficient (Wildman–Crippen LogP) is 4.58. The first-order valence-corrected chi connectivity index (χ1v) is 8.66. The van der Waals surface area contributed by atoms with Crippen LogP contribution in [0, 0.1) is 0 Å². The lowest BCUT2D eigenvalue weighted by Crippen LogP contribution is -2.41. The highest BCUT2D eigenvalue weighted by atomic mass is 16.7. The van der Waals surface area contributed by atoms with Crippen molar-refractivity contribution in [1.82, 2.24) is 0 Å². The number of hydrogen-bond acceptors (Lipinski definition) is 2. The van der Waals surface area contributed by atoms with Crippen LogP contribution in [0.2, 0.25) is 0 Å². The maximum Gasteiger partial charge on any atom is 0.494 e. The van der Waals surface area contributed by atoms with Crippen LogP contribution >= 0.6 is 0 Å². The molecule has 2 rings (SSSR count). The van der Waals surface area contributed by atoms with Crippen LogP contribution in [0.4, 0.5) is 0 Å². The molecule has 0 spiro atoms. The van der Waals surface area contributed by atoms with E-state index >= 15 is 0 Å². The fraction of sp³-hybridized carbons (Fsp3) is 0.700. The summed E-state index contributed by atoms with van der Waals surface area (Å²) in [5.74, 6) is 0. The lowest BCUT2D eigenvalue weighted by Gasteiger charge is -2.32. The molecule has 3 heteroatoms. The minimum atomic E-state index is -0.303. The van der Waals surface area contributed by atoms with E-state index < -0.39 is 0 Å². The smallest absolute Gasteiger partial charge is 0.399 e. The first-order chi connectivity index (χ1) is 10.2. The molecule has 128 valence electrons. The van der Waals surface area contributed by atoms with Crippen molar-refractivity contribution in [2.45, 2.75) is 91.3 Å². The van der Waals surface area contributed by atoms with Gasteiger partial charge in [-0.1, -0.05) is 59.7 Å². The first kappa shape index (κ1) is 18.5. The lowest BCUT2D eigenvalue weighted by molar-refractivity contribution is 0.00578. The van der Waals surface area contributed by atoms with E-state index in [1.54, 1.807) is 0 Å². The lowest BCUT2D eigenvalue weighted by atomic mass is 9.70. The summed E-state index contributed by atoms with van der Waals surface area (Å²) in [5, 5.41) is 0. The third kappa shape index (κ3) is 3.51. The average molecular weight is 316 g/mol. The molecule has 0 atom stereocenters. The van der Waals surface area contributed by atoms with E-state index in [2.05, 4.69) is 87.4 Å². The third-order valence-corrected chi connectivity index (χ3v) is 5.19. The summed E-state index contributed by atoms with van der Waals surface area (Å²) < 4.78 is 12.4. The van der Waals surface area contributed by atoms with Crippen molar-refractivity contribution in [1.29, 1.82) is 0 Å². The van der Waals surface area contributed by atoms with Crippen molar-refractivity contribution < 1.29 is 9.31 Å². The molecule has 0 amide bonds. The summed E-state index contributed by atoms with van der Waals surface area (Å²) in [6, 6.07) is 6.70. The summed E-state index contributed by atoms with van der Waals surface area (Å²) in [6.07, 6.45) is 0. The summed E-state index contributed by atoms with van der Waals surface area (Å²) in [7, 11) is -0.296. The Morgan fingerprint density at radius 1 is 0.739 bits per heavy atom. The van der Waals surface area contributed by atoms with Gasteiger partial charge in [0.1, 0.15) is 0 Å². The highest BCUT2D eigenvalue weighted by molar-refractivity contribution is 6.62. The Hall–Kier alpha value is -0.795. The van der Waals surface area contributed by atoms with Crippen LogP contribution in [0.1, 0.15) is 80.4 Å². The fourth-order valence-electron chi connectivity index (χ4n) is 2.96. The molecule has 0 radical (unpaired) electrons. The van der Waals surface area contributed by atoms with Gasteiger partial charge in [-0.2, -0.15) is 0 Å². The summed E-state index contributed by atoms with van der Waals surface area (Å²) in [6.45, 7) is 22.0. The predicted molar refractivity (Wildman–Crippen MR) is 99.6 cm³/mol. The molecule has 1 fully saturated rings. The fourth-order valence-corrected chi connectivity index (χ4v) is 2.96. The molecule has 0 bridgehead atoms. The van der Waals surface area contributed by atoms with Gasteiger partial charge in [0, 0.05) is 0 Å². The largest absolute Gasteiger partial charge is 0.494 e. The van der Waals surface area contributed by atoms with Crippen molar-refractivity contribution in [2.75, 3.05) is 0 Å². The van der Waals surface area contributed by atoms with Crippen LogP contribution in [0.15, 0.2) is 18.2 Å². The van der Waals surface area contributed by atoms with Crippen molar-refractivity contribution in [3.05, 3.63) is 29.3 Å². The van der Waals surface area contributed by atoms with Gasteiger partial charge < -0.3 is 9.31 Å². The quantitative estimate of drug-likeness (QED) is 0.706. The van der Waals surface area contributed by atoms with Gasteiger partial charge in [-0.15, -0.1) is 0 Å². The Kier molecular flexibility index (Phi) is 4.32. The topological polar surface area (TPSA) is 18.5 Å². The Morgan fingerprint density at radius 3 is 1.57 bits per heavy atom. The number of benzene rings is 1. The molecule has 1 saturated heterocycles. The molecule has 1 aliphatic heterocycles. The van der Waals surface area contributed by atoms with E-state index in [4.69, 9.17) is 9.31 Å². The van der Waals surface area contributed by atoms with E-state index in [0.717, 1.165) is 5.46 Å². The second-order valence-electron chi connectivity index (χ2n) is 9.89. The van der Waals surface area contributed by atoms with Crippen molar-refractivity contribution in [2.24, 2.45) is 0 Å². The van der Waals surface area contributed by atoms with Crippen LogP contribution < -0.4 is 5.46 Å². The Bertz CT molecular complexity index is 573. The zero-order valence-electron chi connectivity index (χ0n) is 16.6. The zero-order valence-corrected chi connectivity index (χ0v) is 16.6. The summed E-state index contributed by atoms with van der Waals surface area (Å²) in [5.41, 5.74) is 3.48. The van der Waals surface area contributed by atoms with Crippen molar-refractivity contribution >= 4 is 12.6 Å². The van der Waals surface area contributed by atoms with Gasteiger partial charge in [0.15, 0.2) is 0 Å². The zero-order chi connectivity index (χ0) is 17.8. The standard InChI is InChI=1S/C20H33BO2/c1-17(2,3)15-12-11-14(13-16(15)18(4,5)6)21-22-19(7,8)20(9,10)23-21/h11-13H,1-10H3. The number of hydrogen-bond donors (Lipinski definition) is 0. The summed E-state index contributed by atoms with van der Waals surface area (Å²) >= 11 is 0. The molecule has 0 aromatic heterocycles. The summed E-state index contributed by atoms with van der Waals surface area (Å²) in [4.78, 5) is 0. The average Bonchev–Trinajstić information content (AvgIpc) is 2.55. The molecule has 1 aromatic carbocycles. The SMILES string of the molecule is CC(C)(C)c1ccc(B2OC(C)(C)C(C)(C)O2)cc1C(C)(C)C. The van der Waals surface area contributed by atoms with Crippen LogP contribution in [0.5, 0.6) is 0 Å². The molecule has 1 aliphatic rings. The van der Waals surface area contributed by atoms with Crippen LogP contribution in [-0.2, 0) is 20.1 Å². The Labute approximate surface area is 143 Å². The maximum atomic E-state index is 6.22. The molecule has 1 aromatic rings. The molecular formula is C20H33BO2. The second kappa shape index (κ2) is 5.36. The van der Waals surface area contributed by atoms with E-state index in [0.29, 0.717) is 0 Å². The highest BCUT2D eigenvalue weighted by Gasteiger charge is 2.51. The third-order valence-electron chi connectivity index (χ3n) is 5.19. The highest BCUT2D eigenvalue weighted by Crippen LogP contribution is 2.38. The first-order valence-electron chi connectivity index (χ1n) is 8.66. The van der Waals surface area contributed by atoms with Gasteiger partial charge in [-0.3, -0.25) is 0 Å². The second-order valence-corrected chi connectivity index (χ2v) is 9.89. The van der Waals surface area contributed by atoms with Gasteiger partial charge in [0.25, 0.3) is 0 Å². The molecule has 2 nitrogen and oxygen atoms in total. The monoisotopic (exact) mass is 316 g/mol. The molecule has 0 N–H and O–H groups in total. The van der Waals surface area contributed by atoms with E-state index in [1.165, 1.54) is 11.1 Å². The van der Waals surface area contributed by atoms with Crippen molar-refractivity contribution in [3.8, 4) is 0 Å². The van der Waals surface area contributed by atoms with Crippen LogP contribution in [0.25, 0.3) is 0 Å². The van der Waals surface area contributed by atoms with Gasteiger partial charge in [-0.05, 0) is 55.1 Å². The number of rotatable bonds is 1. The molecule has 23 heavy (non-hydrogen) atoms. The van der Waals surface area contributed by atoms with Gasteiger partial charge in [-0.25, -0.2) is 0 Å². The van der Waals surface area contributed by atoms with E-state index in [1.807, 2.05) is 0 Å². The van der Waals surface area contributed by atoms with Gasteiger partial charge in [0.05, 0.1) is 11.2 Å². The molecule has 0 unspecified atom stereocenters. The van der Waals surface area contributed by atoms with Crippen LogP contribution in [-0.4, -0.2) is 18.3 Å². The van der Waals surface area contributed by atoms with E-state index in [-0.39, 0.29) is 29.2 Å². The van der Waals surface area contributed by atoms with Crippen LogP contribution in [0.3, 0.4) is 0 Å². The molecule has 0 saturated carbocycles. The van der Waals surface area contributed by atoms with Gasteiger partial charge >= 0.3 is 7.12 Å². The normalized spacial score (nSPS) is 20.9. The molecule has 1 heterocycles. The van der Waals surface area contributed by atoms with Crippen molar-refractivity contribution in [3.63, 3.8) is 0 Å². The molecular weight excluding hydrogens is 283 g/mol.